The molecule has 4 nitrogen and oxygen atoms in total. The van der Waals surface area contributed by atoms with Crippen LogP contribution in [0.5, 0.6) is 11.5 Å². The molecule has 0 heterocycles. The summed E-state index contributed by atoms with van der Waals surface area (Å²) in [6, 6.07) is 8.86. The zero-order chi connectivity index (χ0) is 16.8. The Labute approximate surface area is 150 Å². The maximum Gasteiger partial charge on any atom is 0.179 e. The summed E-state index contributed by atoms with van der Waals surface area (Å²) >= 11 is 18.3. The molecule has 0 fully saturated rings. The zero-order valence-corrected chi connectivity index (χ0v) is 14.8. The molecule has 0 unspecified atom stereocenters. The number of ether oxygens (including phenoxy) is 2. The van der Waals surface area contributed by atoms with Gasteiger partial charge >= 0.3 is 0 Å². The number of nitrogens with zero attached hydrogens (tertiary/aromatic N) is 1. The average molecular weight is 374 g/mol. The average Bonchev–Trinajstić information content (AvgIpc) is 2.53. The fourth-order valence-electron chi connectivity index (χ4n) is 1.96. The number of hydrazone groups is 1. The maximum atomic E-state index is 6.14. The van der Waals surface area contributed by atoms with E-state index in [9.17, 15) is 0 Å². The summed E-state index contributed by atoms with van der Waals surface area (Å²) in [4.78, 5) is 0. The van der Waals surface area contributed by atoms with Gasteiger partial charge in [-0.25, -0.2) is 0 Å². The van der Waals surface area contributed by atoms with Crippen molar-refractivity contribution in [1.29, 1.82) is 0 Å². The van der Waals surface area contributed by atoms with E-state index in [0.717, 1.165) is 11.1 Å². The molecule has 7 heteroatoms. The number of hydrogen-bond acceptors (Lipinski definition) is 4. The first-order chi connectivity index (χ1) is 11.1. The summed E-state index contributed by atoms with van der Waals surface area (Å²) in [5.74, 6) is 1.03. The highest BCUT2D eigenvalue weighted by atomic mass is 35.5. The lowest BCUT2D eigenvalue weighted by Crippen LogP contribution is -2.06. The number of benzene rings is 2. The van der Waals surface area contributed by atoms with Crippen LogP contribution in [-0.2, 0) is 6.54 Å². The van der Waals surface area contributed by atoms with Crippen molar-refractivity contribution in [3.05, 3.63) is 56.5 Å². The van der Waals surface area contributed by atoms with E-state index in [1.54, 1.807) is 43.7 Å². The molecule has 2 aromatic carbocycles. The van der Waals surface area contributed by atoms with E-state index in [1.807, 2.05) is 0 Å². The number of rotatable bonds is 6. The van der Waals surface area contributed by atoms with E-state index >= 15 is 0 Å². The Hall–Kier alpha value is -1.62. The zero-order valence-electron chi connectivity index (χ0n) is 12.6. The van der Waals surface area contributed by atoms with Crippen LogP contribution in [0.15, 0.2) is 35.4 Å². The molecule has 0 atom stereocenters. The van der Waals surface area contributed by atoms with Gasteiger partial charge in [0.15, 0.2) is 11.5 Å². The van der Waals surface area contributed by atoms with E-state index < -0.39 is 0 Å². The van der Waals surface area contributed by atoms with Gasteiger partial charge < -0.3 is 14.9 Å². The van der Waals surface area contributed by atoms with Gasteiger partial charge in [0, 0.05) is 15.6 Å². The molecule has 2 aromatic rings. The molecule has 0 spiro atoms. The van der Waals surface area contributed by atoms with Crippen molar-refractivity contribution in [2.24, 2.45) is 5.10 Å². The largest absolute Gasteiger partial charge is 0.493 e. The van der Waals surface area contributed by atoms with Crippen molar-refractivity contribution in [1.82, 2.24) is 5.43 Å². The van der Waals surface area contributed by atoms with Crippen LogP contribution in [0.4, 0.5) is 0 Å². The molecule has 0 aliphatic rings. The molecule has 0 aliphatic heterocycles. The standard InChI is InChI=1S/C16H15Cl3N2O2/c1-22-15-7-10(6-14(19)16(15)23-2)8-20-21-9-11-12(17)4-3-5-13(11)18/h3-8,21H,9H2,1-2H3/b20-8-. The van der Waals surface area contributed by atoms with Crippen molar-refractivity contribution in [3.63, 3.8) is 0 Å². The summed E-state index contributed by atoms with van der Waals surface area (Å²) in [5, 5.41) is 5.77. The monoisotopic (exact) mass is 372 g/mol. The molecule has 0 bridgehead atoms. The molecule has 0 radical (unpaired) electrons. The first kappa shape index (κ1) is 17.7. The molecule has 0 aliphatic carbocycles. The Morgan fingerprint density at radius 3 is 2.35 bits per heavy atom. The summed E-state index contributed by atoms with van der Waals surface area (Å²) in [6.45, 7) is 0.413. The Balaban J connectivity index is 2.08. The first-order valence-corrected chi connectivity index (χ1v) is 7.80. The Kier molecular flexibility index (Phi) is 6.39. The highest BCUT2D eigenvalue weighted by molar-refractivity contribution is 6.36. The molecular weight excluding hydrogens is 359 g/mol. The summed E-state index contributed by atoms with van der Waals surface area (Å²) in [6.07, 6.45) is 1.62. The quantitative estimate of drug-likeness (QED) is 0.585. The summed E-state index contributed by atoms with van der Waals surface area (Å²) in [5.41, 5.74) is 4.46. The molecule has 2 rings (SSSR count). The molecule has 0 saturated carbocycles. The first-order valence-electron chi connectivity index (χ1n) is 6.67. The smallest absolute Gasteiger partial charge is 0.179 e. The minimum atomic E-state index is 0.413. The fraction of sp³-hybridized carbons (Fsp3) is 0.188. The van der Waals surface area contributed by atoms with Crippen LogP contribution in [0.2, 0.25) is 15.1 Å². The number of nitrogens with one attached hydrogen (secondary N) is 1. The summed E-state index contributed by atoms with van der Waals surface area (Å²) in [7, 11) is 3.08. The van der Waals surface area contributed by atoms with Crippen molar-refractivity contribution in [3.8, 4) is 11.5 Å². The van der Waals surface area contributed by atoms with Crippen molar-refractivity contribution in [2.75, 3.05) is 14.2 Å². The summed E-state index contributed by atoms with van der Waals surface area (Å²) < 4.78 is 10.4. The Morgan fingerprint density at radius 2 is 1.74 bits per heavy atom. The van der Waals surface area contributed by atoms with Crippen molar-refractivity contribution >= 4 is 41.0 Å². The normalized spacial score (nSPS) is 10.8. The lowest BCUT2D eigenvalue weighted by atomic mass is 10.2. The molecule has 1 N–H and O–H groups in total. The second kappa shape index (κ2) is 8.29. The SMILES string of the molecule is COc1cc(/C=N\NCc2c(Cl)cccc2Cl)cc(Cl)c1OC. The Bertz CT molecular complexity index is 700. The molecule has 122 valence electrons. The second-order valence-electron chi connectivity index (χ2n) is 4.53. The van der Waals surface area contributed by atoms with Gasteiger partial charge in [-0.15, -0.1) is 0 Å². The van der Waals surface area contributed by atoms with Gasteiger partial charge in [-0.2, -0.15) is 5.10 Å². The molecule has 0 amide bonds. The van der Waals surface area contributed by atoms with Crippen molar-refractivity contribution < 1.29 is 9.47 Å². The minimum absolute atomic E-state index is 0.413. The predicted molar refractivity (Wildman–Crippen MR) is 95.5 cm³/mol. The third kappa shape index (κ3) is 4.44. The van der Waals surface area contributed by atoms with E-state index in [4.69, 9.17) is 44.3 Å². The van der Waals surface area contributed by atoms with Crippen LogP contribution in [0.25, 0.3) is 0 Å². The van der Waals surface area contributed by atoms with E-state index in [1.165, 1.54) is 7.11 Å². The maximum absolute atomic E-state index is 6.14. The van der Waals surface area contributed by atoms with Crippen LogP contribution < -0.4 is 14.9 Å². The molecule has 0 saturated heterocycles. The van der Waals surface area contributed by atoms with Gasteiger partial charge in [-0.1, -0.05) is 40.9 Å². The van der Waals surface area contributed by atoms with Gasteiger partial charge in [0.2, 0.25) is 0 Å². The molecular formula is C16H15Cl3N2O2. The number of hydrogen-bond donors (Lipinski definition) is 1. The lowest BCUT2D eigenvalue weighted by Gasteiger charge is -2.10. The highest BCUT2D eigenvalue weighted by Crippen LogP contribution is 2.35. The van der Waals surface area contributed by atoms with E-state index in [0.29, 0.717) is 33.1 Å². The molecule has 0 aromatic heterocycles. The minimum Gasteiger partial charge on any atom is -0.493 e. The van der Waals surface area contributed by atoms with Gasteiger partial charge in [0.25, 0.3) is 0 Å². The van der Waals surface area contributed by atoms with E-state index in [-0.39, 0.29) is 0 Å². The third-order valence-electron chi connectivity index (χ3n) is 3.08. The van der Waals surface area contributed by atoms with Crippen LogP contribution in [0.1, 0.15) is 11.1 Å². The Morgan fingerprint density at radius 1 is 1.04 bits per heavy atom. The lowest BCUT2D eigenvalue weighted by molar-refractivity contribution is 0.355. The fourth-order valence-corrected chi connectivity index (χ4v) is 2.79. The van der Waals surface area contributed by atoms with E-state index in [2.05, 4.69) is 10.5 Å². The van der Waals surface area contributed by atoms with Crippen molar-refractivity contribution in [2.45, 2.75) is 6.54 Å². The number of halogens is 3. The van der Waals surface area contributed by atoms with Crippen LogP contribution >= 0.6 is 34.8 Å². The van der Waals surface area contributed by atoms with Crippen LogP contribution in [0.3, 0.4) is 0 Å². The topological polar surface area (TPSA) is 42.8 Å². The third-order valence-corrected chi connectivity index (χ3v) is 4.07. The second-order valence-corrected chi connectivity index (χ2v) is 5.75. The van der Waals surface area contributed by atoms with Gasteiger partial charge in [-0.05, 0) is 29.8 Å². The number of methoxy groups -OCH3 is 2. The van der Waals surface area contributed by atoms with Crippen LogP contribution in [0, 0.1) is 0 Å². The predicted octanol–water partition coefficient (Wildman–Crippen LogP) is 4.79. The van der Waals surface area contributed by atoms with Gasteiger partial charge in [0.1, 0.15) is 0 Å². The van der Waals surface area contributed by atoms with Crippen LogP contribution in [-0.4, -0.2) is 20.4 Å². The molecule has 23 heavy (non-hydrogen) atoms. The highest BCUT2D eigenvalue weighted by Gasteiger charge is 2.10. The van der Waals surface area contributed by atoms with Gasteiger partial charge in [0.05, 0.1) is 32.0 Å². The van der Waals surface area contributed by atoms with Gasteiger partial charge in [-0.3, -0.25) is 0 Å².